The third-order valence-electron chi connectivity index (χ3n) is 2.49. The molecule has 19 heavy (non-hydrogen) atoms. The number of anilines is 1. The van der Waals surface area contributed by atoms with Crippen molar-refractivity contribution in [3.05, 3.63) is 42.5 Å². The number of carbonyl (C=O) groups is 1. The molecule has 0 radical (unpaired) electrons. The third kappa shape index (κ3) is 3.31. The standard InChI is InChI=1S/C13H14FN3O2/c1-13(2,12(18)17-10-7-15-16-8-10)19-11-5-3-9(14)4-6-11/h3-8H,1-2H3,(H,15,16)(H,17,18). The maximum Gasteiger partial charge on any atom is 0.268 e. The smallest absolute Gasteiger partial charge is 0.268 e. The molecule has 2 rings (SSSR count). The van der Waals surface area contributed by atoms with Gasteiger partial charge >= 0.3 is 0 Å². The minimum absolute atomic E-state index is 0.321. The first-order valence-electron chi connectivity index (χ1n) is 5.72. The van der Waals surface area contributed by atoms with Gasteiger partial charge in [0.2, 0.25) is 0 Å². The first kappa shape index (κ1) is 13.1. The van der Waals surface area contributed by atoms with Crippen LogP contribution in [-0.2, 0) is 4.79 Å². The lowest BCUT2D eigenvalue weighted by Crippen LogP contribution is -2.42. The van der Waals surface area contributed by atoms with Gasteiger partial charge in [0.25, 0.3) is 5.91 Å². The van der Waals surface area contributed by atoms with E-state index in [2.05, 4.69) is 15.5 Å². The molecule has 0 aliphatic carbocycles. The Balaban J connectivity index is 2.04. The first-order valence-corrected chi connectivity index (χ1v) is 5.72. The van der Waals surface area contributed by atoms with E-state index in [1.807, 2.05) is 0 Å². The van der Waals surface area contributed by atoms with Crippen molar-refractivity contribution in [3.63, 3.8) is 0 Å². The molecule has 0 atom stereocenters. The fourth-order valence-electron chi connectivity index (χ4n) is 1.44. The summed E-state index contributed by atoms with van der Waals surface area (Å²) in [5.41, 5.74) is -0.532. The van der Waals surface area contributed by atoms with Gasteiger partial charge in [-0.05, 0) is 38.1 Å². The van der Waals surface area contributed by atoms with E-state index in [1.54, 1.807) is 20.0 Å². The number of aromatic amines is 1. The predicted octanol–water partition coefficient (Wildman–Crippen LogP) is 2.34. The average molecular weight is 263 g/mol. The molecule has 1 aromatic heterocycles. The normalized spacial score (nSPS) is 11.1. The van der Waals surface area contributed by atoms with E-state index in [-0.39, 0.29) is 11.7 Å². The molecule has 2 N–H and O–H groups in total. The molecule has 5 nitrogen and oxygen atoms in total. The van der Waals surface area contributed by atoms with Gasteiger partial charge in [0.05, 0.1) is 11.9 Å². The van der Waals surface area contributed by atoms with Crippen molar-refractivity contribution in [2.24, 2.45) is 0 Å². The van der Waals surface area contributed by atoms with Crippen LogP contribution in [0.25, 0.3) is 0 Å². The number of nitrogens with one attached hydrogen (secondary N) is 2. The van der Waals surface area contributed by atoms with Gasteiger partial charge in [-0.1, -0.05) is 0 Å². The minimum atomic E-state index is -1.09. The quantitative estimate of drug-likeness (QED) is 0.889. The highest BCUT2D eigenvalue weighted by Gasteiger charge is 2.30. The second-order valence-corrected chi connectivity index (χ2v) is 4.51. The Morgan fingerprint density at radius 3 is 2.63 bits per heavy atom. The molecule has 0 unspecified atom stereocenters. The summed E-state index contributed by atoms with van der Waals surface area (Å²) in [4.78, 5) is 12.1. The number of nitrogens with zero attached hydrogens (tertiary/aromatic N) is 1. The van der Waals surface area contributed by atoms with Crippen LogP contribution in [0.4, 0.5) is 10.1 Å². The fourth-order valence-corrected chi connectivity index (χ4v) is 1.44. The fraction of sp³-hybridized carbons (Fsp3) is 0.231. The number of hydrogen-bond acceptors (Lipinski definition) is 3. The molecule has 0 aliphatic heterocycles. The summed E-state index contributed by atoms with van der Waals surface area (Å²) >= 11 is 0. The summed E-state index contributed by atoms with van der Waals surface area (Å²) in [7, 11) is 0. The highest BCUT2D eigenvalue weighted by atomic mass is 19.1. The number of halogens is 1. The van der Waals surface area contributed by atoms with E-state index in [4.69, 9.17) is 4.74 Å². The molecule has 0 bridgehead atoms. The number of H-pyrrole nitrogens is 1. The van der Waals surface area contributed by atoms with Gasteiger partial charge < -0.3 is 10.1 Å². The second kappa shape index (κ2) is 5.09. The third-order valence-corrected chi connectivity index (χ3v) is 2.49. The number of hydrogen-bond donors (Lipinski definition) is 2. The number of carbonyl (C=O) groups excluding carboxylic acids is 1. The van der Waals surface area contributed by atoms with Gasteiger partial charge in [0.15, 0.2) is 5.60 Å². The van der Waals surface area contributed by atoms with Gasteiger partial charge in [-0.15, -0.1) is 0 Å². The predicted molar refractivity (Wildman–Crippen MR) is 68.3 cm³/mol. The van der Waals surface area contributed by atoms with Gasteiger partial charge in [-0.25, -0.2) is 4.39 Å². The van der Waals surface area contributed by atoms with Crippen LogP contribution in [0.5, 0.6) is 5.75 Å². The number of amides is 1. The van der Waals surface area contributed by atoms with Crippen LogP contribution in [0.2, 0.25) is 0 Å². The van der Waals surface area contributed by atoms with Gasteiger partial charge in [0, 0.05) is 6.20 Å². The zero-order chi connectivity index (χ0) is 13.9. The van der Waals surface area contributed by atoms with E-state index in [9.17, 15) is 9.18 Å². The zero-order valence-corrected chi connectivity index (χ0v) is 10.6. The Hall–Kier alpha value is -2.37. The lowest BCUT2D eigenvalue weighted by molar-refractivity contribution is -0.128. The van der Waals surface area contributed by atoms with Crippen LogP contribution in [0.1, 0.15) is 13.8 Å². The van der Waals surface area contributed by atoms with Crippen molar-refractivity contribution in [2.75, 3.05) is 5.32 Å². The van der Waals surface area contributed by atoms with Crippen LogP contribution in [-0.4, -0.2) is 21.7 Å². The summed E-state index contributed by atoms with van der Waals surface area (Å²) < 4.78 is 18.3. The van der Waals surface area contributed by atoms with Gasteiger partial charge in [0.1, 0.15) is 11.6 Å². The highest BCUT2D eigenvalue weighted by Crippen LogP contribution is 2.20. The molecule has 0 spiro atoms. The summed E-state index contributed by atoms with van der Waals surface area (Å²) in [6.07, 6.45) is 3.05. The Kier molecular flexibility index (Phi) is 3.50. The molecule has 1 amide bonds. The number of rotatable bonds is 4. The van der Waals surface area contributed by atoms with E-state index in [0.717, 1.165) is 0 Å². The van der Waals surface area contributed by atoms with Gasteiger partial charge in [-0.3, -0.25) is 9.89 Å². The van der Waals surface area contributed by atoms with Crippen LogP contribution >= 0.6 is 0 Å². The Labute approximate surface area is 109 Å². The van der Waals surface area contributed by atoms with Crippen molar-refractivity contribution in [1.82, 2.24) is 10.2 Å². The number of aromatic nitrogens is 2. The first-order chi connectivity index (χ1) is 8.97. The maximum atomic E-state index is 12.8. The summed E-state index contributed by atoms with van der Waals surface area (Å²) in [5, 5.41) is 8.99. The Morgan fingerprint density at radius 2 is 2.05 bits per heavy atom. The topological polar surface area (TPSA) is 67.0 Å². The lowest BCUT2D eigenvalue weighted by atomic mass is 10.1. The van der Waals surface area contributed by atoms with Crippen LogP contribution < -0.4 is 10.1 Å². The molecule has 2 aromatic rings. The van der Waals surface area contributed by atoms with E-state index >= 15 is 0 Å². The summed E-state index contributed by atoms with van der Waals surface area (Å²) in [6.45, 7) is 3.26. The van der Waals surface area contributed by atoms with Crippen LogP contribution in [0.15, 0.2) is 36.7 Å². The molecular formula is C13H14FN3O2. The van der Waals surface area contributed by atoms with E-state index in [0.29, 0.717) is 11.4 Å². The maximum absolute atomic E-state index is 12.8. The highest BCUT2D eigenvalue weighted by molar-refractivity contribution is 5.96. The molecular weight excluding hydrogens is 249 g/mol. The molecule has 0 fully saturated rings. The average Bonchev–Trinajstić information content (AvgIpc) is 2.84. The molecule has 1 heterocycles. The Bertz CT molecular complexity index is 550. The monoisotopic (exact) mass is 263 g/mol. The largest absolute Gasteiger partial charge is 0.478 e. The zero-order valence-electron chi connectivity index (χ0n) is 10.6. The Morgan fingerprint density at radius 1 is 1.37 bits per heavy atom. The van der Waals surface area contributed by atoms with E-state index < -0.39 is 5.60 Å². The molecule has 100 valence electrons. The lowest BCUT2D eigenvalue weighted by Gasteiger charge is -2.24. The molecule has 0 saturated heterocycles. The van der Waals surface area contributed by atoms with Crippen molar-refractivity contribution in [1.29, 1.82) is 0 Å². The minimum Gasteiger partial charge on any atom is -0.478 e. The molecule has 0 saturated carbocycles. The van der Waals surface area contributed by atoms with Crippen molar-refractivity contribution in [3.8, 4) is 5.75 Å². The van der Waals surface area contributed by atoms with Gasteiger partial charge in [-0.2, -0.15) is 5.10 Å². The van der Waals surface area contributed by atoms with Crippen molar-refractivity contribution >= 4 is 11.6 Å². The summed E-state index contributed by atoms with van der Waals surface area (Å²) in [5.74, 6) is -0.250. The van der Waals surface area contributed by atoms with Crippen LogP contribution in [0, 0.1) is 5.82 Å². The number of benzene rings is 1. The number of ether oxygens (including phenoxy) is 1. The summed E-state index contributed by atoms with van der Waals surface area (Å²) in [6, 6.07) is 5.50. The van der Waals surface area contributed by atoms with Crippen molar-refractivity contribution in [2.45, 2.75) is 19.4 Å². The second-order valence-electron chi connectivity index (χ2n) is 4.51. The molecule has 1 aromatic carbocycles. The molecule has 6 heteroatoms. The SMILES string of the molecule is CC(C)(Oc1ccc(F)cc1)C(=O)Nc1cn[nH]c1. The van der Waals surface area contributed by atoms with Crippen LogP contribution in [0.3, 0.4) is 0 Å². The molecule has 0 aliphatic rings. The van der Waals surface area contributed by atoms with Crippen molar-refractivity contribution < 1.29 is 13.9 Å². The van der Waals surface area contributed by atoms with E-state index in [1.165, 1.54) is 30.5 Å².